The lowest BCUT2D eigenvalue weighted by molar-refractivity contribution is -0.193. The summed E-state index contributed by atoms with van der Waals surface area (Å²) in [5.74, 6) is -9.50. The summed E-state index contributed by atoms with van der Waals surface area (Å²) < 4.78 is 14.7. The maximum atomic E-state index is 14.3. The van der Waals surface area contributed by atoms with Crippen LogP contribution in [0.25, 0.3) is 44.5 Å². The van der Waals surface area contributed by atoms with E-state index in [-0.39, 0.29) is 87.8 Å². The van der Waals surface area contributed by atoms with Crippen molar-refractivity contribution in [2.75, 3.05) is 16.4 Å². The van der Waals surface area contributed by atoms with Crippen LogP contribution in [0.4, 0.5) is 11.4 Å². The lowest BCUT2D eigenvalue weighted by Gasteiger charge is -2.46. The van der Waals surface area contributed by atoms with Gasteiger partial charge in [-0.05, 0) is 169 Å². The molecule has 0 saturated carbocycles. The van der Waals surface area contributed by atoms with Crippen LogP contribution in [0.3, 0.4) is 0 Å². The highest BCUT2D eigenvalue weighted by Gasteiger charge is 2.64. The fourth-order valence-electron chi connectivity index (χ4n) is 16.7. The van der Waals surface area contributed by atoms with Crippen molar-refractivity contribution in [1.82, 2.24) is 0 Å². The third-order valence-corrected chi connectivity index (χ3v) is 21.0. The number of para-hydroxylation sites is 2. The van der Waals surface area contributed by atoms with Crippen molar-refractivity contribution in [3.05, 3.63) is 296 Å². The minimum atomic E-state index is -1.23. The summed E-state index contributed by atoms with van der Waals surface area (Å²) in [5, 5.41) is 9.97. The summed E-state index contributed by atoms with van der Waals surface area (Å²) in [6.45, 7) is 3.93. The van der Waals surface area contributed by atoms with Crippen molar-refractivity contribution < 1.29 is 86.4 Å². The number of aromatic carboxylic acids is 1. The molecule has 1 N–H and O–H groups in total. The highest BCUT2D eigenvalue weighted by atomic mass is 16.6. The van der Waals surface area contributed by atoms with Crippen LogP contribution in [0.5, 0.6) is 0 Å². The maximum absolute atomic E-state index is 14.3. The molecule has 2 saturated heterocycles. The molecule has 8 atom stereocenters. The number of rotatable bonds is 10. The van der Waals surface area contributed by atoms with E-state index >= 15 is 0 Å². The lowest BCUT2D eigenvalue weighted by atomic mass is 9.54. The average molecular weight is 1380 g/mol. The summed E-state index contributed by atoms with van der Waals surface area (Å²) in [5.41, 5.74) is 17.4. The van der Waals surface area contributed by atoms with E-state index in [4.69, 9.17) is 33.4 Å². The van der Waals surface area contributed by atoms with Gasteiger partial charge in [0.1, 0.15) is 0 Å². The smallest absolute Gasteiger partial charge is 0.373 e. The molecule has 104 heavy (non-hydrogen) atoms. The number of fused-ring (bicyclic) bond motifs is 2. The van der Waals surface area contributed by atoms with Gasteiger partial charge in [0, 0.05) is 23.7 Å². The van der Waals surface area contributed by atoms with Gasteiger partial charge >= 0.3 is 48.1 Å². The Morgan fingerprint density at radius 1 is 0.365 bits per heavy atom. The minimum absolute atomic E-state index is 0.0110. The highest BCUT2D eigenvalue weighted by Crippen LogP contribution is 2.64. The molecule has 2 fully saturated rings. The molecule has 10 aromatic rings. The number of hydrogen-bond donors (Lipinski definition) is 1. The minimum Gasteiger partial charge on any atom is -0.478 e. The van der Waals surface area contributed by atoms with E-state index in [9.17, 15) is 53.1 Å². The van der Waals surface area contributed by atoms with E-state index in [0.29, 0.717) is 16.9 Å². The molecule has 10 aromatic carbocycles. The van der Waals surface area contributed by atoms with Gasteiger partial charge in [-0.2, -0.15) is 19.2 Å². The molecule has 4 unspecified atom stereocenters. The fraction of sp³-hybridized carbons (Fsp3) is 0.143. The molecular weight excluding hydrogens is 1320 g/mol. The van der Waals surface area contributed by atoms with Gasteiger partial charge < -0.3 is 19.3 Å². The first kappa shape index (κ1) is 66.3. The van der Waals surface area contributed by atoms with Crippen molar-refractivity contribution in [3.8, 4) is 44.5 Å². The zero-order valence-electron chi connectivity index (χ0n) is 55.0. The summed E-state index contributed by atoms with van der Waals surface area (Å²) in [6, 6.07) is 65.6. The normalized spacial score (nSPS) is 20.2. The zero-order chi connectivity index (χ0) is 72.7. The van der Waals surface area contributed by atoms with Gasteiger partial charge in [-0.15, -0.1) is 0 Å². The number of imide groups is 2. The van der Waals surface area contributed by atoms with Crippen molar-refractivity contribution >= 4 is 83.1 Å². The first-order valence-corrected chi connectivity index (χ1v) is 33.3. The molecule has 508 valence electrons. The SMILES string of the molecule is CCOC(=O)c1ccc(-c2ccc3c(c2)C2c4ccc(-c5ccc(CC)cc5)cc4C3[C@H]3C(=O)N(c4ccccc4)C(=O)[C@@H]23)cc1C(=O)O.O=C1OC(=O)c2cc(-c3ccc4c(c3)C3c5ccc(-c6ccc7c(c6)C(=O)OC7=O)cc5C4[C@@H]4C(=O)N(c5ccccc5)C(=O)[C@H]34)ccc21.O=C=O.O=C=O. The fourth-order valence-corrected chi connectivity index (χ4v) is 16.7. The van der Waals surface area contributed by atoms with Crippen LogP contribution in [0, 0.1) is 23.7 Å². The molecule has 6 aliphatic carbocycles. The van der Waals surface area contributed by atoms with Crippen molar-refractivity contribution in [1.29, 1.82) is 0 Å². The number of carbonyl (C=O) groups is 10. The number of esters is 5. The summed E-state index contributed by atoms with van der Waals surface area (Å²) in [4.78, 5) is 166. The van der Waals surface area contributed by atoms with E-state index in [0.717, 1.165) is 89.9 Å². The van der Waals surface area contributed by atoms with Crippen molar-refractivity contribution in [3.63, 3.8) is 0 Å². The number of aryl methyl sites for hydroxylation is 1. The van der Waals surface area contributed by atoms with Crippen LogP contribution in [-0.2, 0) is 59.0 Å². The molecule has 4 bridgehead atoms. The van der Waals surface area contributed by atoms with Gasteiger partial charge in [0.05, 0.1) is 75.0 Å². The second-order valence-corrected chi connectivity index (χ2v) is 26.0. The number of anilines is 2. The van der Waals surface area contributed by atoms with Gasteiger partial charge in [0.2, 0.25) is 23.6 Å². The third kappa shape index (κ3) is 10.6. The van der Waals surface area contributed by atoms with Crippen LogP contribution in [0.2, 0.25) is 0 Å². The Morgan fingerprint density at radius 2 is 0.673 bits per heavy atom. The molecule has 20 nitrogen and oxygen atoms in total. The van der Waals surface area contributed by atoms with Gasteiger partial charge in [-0.1, -0.05) is 159 Å². The number of hydrogen-bond acceptors (Lipinski definition) is 17. The maximum Gasteiger partial charge on any atom is 0.373 e. The van der Waals surface area contributed by atoms with E-state index in [1.807, 2.05) is 78.9 Å². The topological polar surface area (TPSA) is 293 Å². The average Bonchev–Trinajstić information content (AvgIpc) is 1.45. The Hall–Kier alpha value is -13.5. The Kier molecular flexibility index (Phi) is 16.7. The Labute approximate surface area is 591 Å². The van der Waals surface area contributed by atoms with E-state index in [2.05, 4.69) is 49.4 Å². The summed E-state index contributed by atoms with van der Waals surface area (Å²) in [7, 11) is 0. The number of cyclic esters (lactones) is 4. The van der Waals surface area contributed by atoms with Gasteiger partial charge in [-0.3, -0.25) is 19.2 Å². The summed E-state index contributed by atoms with van der Waals surface area (Å²) in [6.07, 6.45) is 1.46. The van der Waals surface area contributed by atoms with E-state index < -0.39 is 71.3 Å². The van der Waals surface area contributed by atoms with Crippen molar-refractivity contribution in [2.45, 2.75) is 43.9 Å². The first-order chi connectivity index (χ1) is 50.4. The quantitative estimate of drug-likeness (QED) is 0.0576. The molecule has 4 aliphatic heterocycles. The molecule has 20 rings (SSSR count). The Balaban J connectivity index is 0.000000156. The summed E-state index contributed by atoms with van der Waals surface area (Å²) >= 11 is 0. The molecule has 4 amide bonds. The largest absolute Gasteiger partial charge is 0.478 e. The molecule has 10 aliphatic rings. The second kappa shape index (κ2) is 26.2. The van der Waals surface area contributed by atoms with Crippen LogP contribution < -0.4 is 9.80 Å². The Bertz CT molecular complexity index is 5350. The Morgan fingerprint density at radius 3 is 1.02 bits per heavy atom. The molecule has 0 radical (unpaired) electrons. The number of nitrogens with zero attached hydrogens (tertiary/aromatic N) is 2. The number of carboxylic acid groups (broad SMARTS) is 1. The van der Waals surface area contributed by atoms with Crippen molar-refractivity contribution in [2.24, 2.45) is 23.7 Å². The number of ether oxygens (including phenoxy) is 3. The van der Waals surface area contributed by atoms with Crippen LogP contribution in [-0.4, -0.2) is 83.5 Å². The molecular formula is C84H54N2O18. The number of carboxylic acids is 1. The van der Waals surface area contributed by atoms with Crippen LogP contribution in [0.15, 0.2) is 212 Å². The number of carbonyl (C=O) groups excluding carboxylic acids is 13. The third-order valence-electron chi connectivity index (χ3n) is 21.0. The van der Waals surface area contributed by atoms with Gasteiger partial charge in [0.15, 0.2) is 0 Å². The predicted octanol–water partition coefficient (Wildman–Crippen LogP) is 12.7. The monoisotopic (exact) mass is 1380 g/mol. The molecule has 0 aromatic heterocycles. The molecule has 4 heterocycles. The van der Waals surface area contributed by atoms with Gasteiger partial charge in [-0.25, -0.2) is 38.6 Å². The first-order valence-electron chi connectivity index (χ1n) is 33.3. The highest BCUT2D eigenvalue weighted by molar-refractivity contribution is 6.25. The number of benzene rings is 10. The van der Waals surface area contributed by atoms with Gasteiger partial charge in [0.25, 0.3) is 0 Å². The second-order valence-electron chi connectivity index (χ2n) is 26.0. The van der Waals surface area contributed by atoms with E-state index in [1.54, 1.807) is 85.8 Å². The van der Waals surface area contributed by atoms with Crippen LogP contribution in [0.1, 0.15) is 150 Å². The predicted molar refractivity (Wildman–Crippen MR) is 369 cm³/mol. The lowest BCUT2D eigenvalue weighted by Crippen LogP contribution is -2.41. The van der Waals surface area contributed by atoms with E-state index in [1.165, 1.54) is 27.5 Å². The standard InChI is InChI=1S/C42H33NO6.C40H21NO8.2CO2/c1-3-23-10-12-24(13-11-23)25-14-17-29-32(20-25)35-30-18-15-26(27-16-19-31(42(48)49-4-2)34(22-27)41(46)47)21-33(30)36(29)38-37(35)39(44)43(40(38)45)28-8-6-5-7-9-28;42-35-33-31-23-10-6-18(20-8-12-25-29(16-20)39(46)48-37(25)44)14-27(23)32(34(33)36(43)41(35)22-4-2-1-3-5-22)24-11-7-19(15-28(24)31)21-9-13-26-30(17-21)40(47)49-38(26)45;2*2-1-3/h5-22,35-38H,3-4H2,1-2H3,(H,46,47);1-17,31-34H;;/t35?,36?,37-,38+;31?,32?,33-,34+;;/m1.../s1. The molecule has 20 heteroatoms. The molecule has 0 spiro atoms. The van der Waals surface area contributed by atoms with Crippen LogP contribution >= 0.6 is 0 Å². The zero-order valence-corrected chi connectivity index (χ0v) is 55.0. The number of amides is 4.